The number of hydrogen-bond donors (Lipinski definition) is 2. The molecule has 4 aromatic rings. The van der Waals surface area contributed by atoms with Gasteiger partial charge in [-0.25, -0.2) is 9.78 Å². The lowest BCUT2D eigenvalue weighted by Gasteiger charge is -2.17. The van der Waals surface area contributed by atoms with Gasteiger partial charge in [-0.05, 0) is 28.3 Å². The topological polar surface area (TPSA) is 148 Å². The zero-order valence-electron chi connectivity index (χ0n) is 22.0. The average Bonchev–Trinajstić information content (AvgIpc) is 3.63. The highest BCUT2D eigenvalue weighted by molar-refractivity contribution is 6.01. The molecular formula is C27H30N8O4. The molecule has 2 aromatic heterocycles. The Balaban J connectivity index is 1.70. The molecule has 2 aromatic carbocycles. The van der Waals surface area contributed by atoms with Crippen LogP contribution in [0.15, 0.2) is 48.5 Å². The van der Waals surface area contributed by atoms with E-state index < -0.39 is 11.9 Å². The van der Waals surface area contributed by atoms with Crippen LogP contribution in [0.1, 0.15) is 41.6 Å². The third-order valence-electron chi connectivity index (χ3n) is 6.31. The van der Waals surface area contributed by atoms with Crippen LogP contribution in [0.2, 0.25) is 0 Å². The molecule has 0 fully saturated rings. The van der Waals surface area contributed by atoms with E-state index in [9.17, 15) is 14.4 Å². The number of hydrogen-bond acceptors (Lipinski definition) is 8. The van der Waals surface area contributed by atoms with Crippen LogP contribution in [-0.2, 0) is 27.3 Å². The van der Waals surface area contributed by atoms with Gasteiger partial charge in [-0.1, -0.05) is 61.9 Å². The number of imidazole rings is 1. The number of carbonyl (C=O) groups excluding carboxylic acids is 3. The Hall–Kier alpha value is -4.87. The highest BCUT2D eigenvalue weighted by atomic mass is 16.5. The summed E-state index contributed by atoms with van der Waals surface area (Å²) >= 11 is 0. The highest BCUT2D eigenvalue weighted by Crippen LogP contribution is 2.30. The lowest BCUT2D eigenvalue weighted by Crippen LogP contribution is -2.36. The van der Waals surface area contributed by atoms with Crippen molar-refractivity contribution in [3.05, 3.63) is 65.6 Å². The minimum absolute atomic E-state index is 0.178. The number of esters is 1. The number of aromatic nitrogens is 6. The summed E-state index contributed by atoms with van der Waals surface area (Å²) in [6.45, 7) is 2.20. The van der Waals surface area contributed by atoms with E-state index in [0.29, 0.717) is 31.0 Å². The molecule has 0 atom stereocenters. The number of likely N-dealkylation sites (N-methyl/N-ethyl adjacent to an activating group) is 1. The Labute approximate surface area is 225 Å². The second kappa shape index (κ2) is 12.6. The van der Waals surface area contributed by atoms with Crippen LogP contribution in [-0.4, -0.2) is 69.2 Å². The van der Waals surface area contributed by atoms with E-state index in [-0.39, 0.29) is 18.1 Å². The number of nitrogens with zero attached hydrogens (tertiary/aromatic N) is 6. The van der Waals surface area contributed by atoms with Crippen molar-refractivity contribution in [2.24, 2.45) is 0 Å². The fraction of sp³-hybridized carbons (Fsp3) is 0.296. The summed E-state index contributed by atoms with van der Waals surface area (Å²) in [7, 11) is 2.81. The average molecular weight is 531 g/mol. The molecule has 12 heteroatoms. The van der Waals surface area contributed by atoms with Crippen molar-refractivity contribution < 1.29 is 19.1 Å². The van der Waals surface area contributed by atoms with Gasteiger partial charge in [-0.15, -0.1) is 10.2 Å². The van der Waals surface area contributed by atoms with Crippen LogP contribution >= 0.6 is 0 Å². The van der Waals surface area contributed by atoms with Crippen LogP contribution in [0.5, 0.6) is 0 Å². The predicted octanol–water partition coefficient (Wildman–Crippen LogP) is 2.62. The maximum Gasteiger partial charge on any atom is 0.358 e. The van der Waals surface area contributed by atoms with Crippen molar-refractivity contribution in [2.45, 2.75) is 32.7 Å². The quantitative estimate of drug-likeness (QED) is 0.210. The van der Waals surface area contributed by atoms with Crippen molar-refractivity contribution in [3.63, 3.8) is 0 Å². The standard InChI is InChI=1S/C27H30N8O4/c1-4-5-10-22-29-26(34(2)23(37)15-28-17-36)24(27(38)39-3)35(22)16-18-11-13-19(14-12-18)20-8-6-7-9-21(20)25-30-32-33-31-25/h6-9,11-14,17H,4-5,10,15-16H2,1-3H3,(H,28,36)(H,30,31,32,33). The molecule has 4 rings (SSSR count). The molecule has 0 unspecified atom stereocenters. The molecular weight excluding hydrogens is 500 g/mol. The number of anilines is 1. The monoisotopic (exact) mass is 530 g/mol. The van der Waals surface area contributed by atoms with Gasteiger partial charge in [0, 0.05) is 25.6 Å². The zero-order chi connectivity index (χ0) is 27.8. The van der Waals surface area contributed by atoms with E-state index in [1.54, 1.807) is 4.57 Å². The number of rotatable bonds is 12. The SMILES string of the molecule is CCCCc1nc(N(C)C(=O)CNC=O)c(C(=O)OC)n1Cc1ccc(-c2ccccc2-c2nn[nH]n2)cc1. The maximum absolute atomic E-state index is 13.0. The van der Waals surface area contributed by atoms with Crippen LogP contribution in [0.3, 0.4) is 0 Å². The number of aromatic amines is 1. The minimum atomic E-state index is -0.603. The first kappa shape index (κ1) is 27.2. The van der Waals surface area contributed by atoms with Gasteiger partial charge >= 0.3 is 5.97 Å². The second-order valence-electron chi connectivity index (χ2n) is 8.81. The first-order chi connectivity index (χ1) is 19.0. The highest BCUT2D eigenvalue weighted by Gasteiger charge is 2.28. The molecule has 0 saturated heterocycles. The summed E-state index contributed by atoms with van der Waals surface area (Å²) in [5.74, 6) is 0.349. The molecule has 12 nitrogen and oxygen atoms in total. The Kier molecular flexibility index (Phi) is 8.77. The Bertz CT molecular complexity index is 1430. The summed E-state index contributed by atoms with van der Waals surface area (Å²) in [4.78, 5) is 42.2. The number of H-pyrrole nitrogens is 1. The van der Waals surface area contributed by atoms with Crippen molar-refractivity contribution in [3.8, 4) is 22.5 Å². The fourth-order valence-corrected chi connectivity index (χ4v) is 4.26. The molecule has 2 heterocycles. The number of tetrazole rings is 1. The van der Waals surface area contributed by atoms with Crippen molar-refractivity contribution in [1.82, 2.24) is 35.5 Å². The molecule has 0 spiro atoms. The third kappa shape index (κ3) is 6.00. The van der Waals surface area contributed by atoms with Crippen molar-refractivity contribution >= 4 is 24.1 Å². The number of unbranched alkanes of at least 4 members (excludes halogenated alkanes) is 1. The van der Waals surface area contributed by atoms with E-state index in [0.717, 1.165) is 35.1 Å². The molecule has 0 saturated carbocycles. The van der Waals surface area contributed by atoms with E-state index >= 15 is 0 Å². The van der Waals surface area contributed by atoms with Crippen molar-refractivity contribution in [1.29, 1.82) is 0 Å². The normalized spacial score (nSPS) is 10.7. The molecule has 0 aliphatic heterocycles. The molecule has 0 aliphatic rings. The molecule has 202 valence electrons. The number of carbonyl (C=O) groups is 3. The Morgan fingerprint density at radius 3 is 2.51 bits per heavy atom. The van der Waals surface area contributed by atoms with Gasteiger partial charge in [-0.3, -0.25) is 14.5 Å². The summed E-state index contributed by atoms with van der Waals surface area (Å²) < 4.78 is 6.88. The van der Waals surface area contributed by atoms with Gasteiger partial charge in [-0.2, -0.15) is 5.21 Å². The molecule has 0 radical (unpaired) electrons. The lowest BCUT2D eigenvalue weighted by atomic mass is 9.98. The van der Waals surface area contributed by atoms with Crippen molar-refractivity contribution in [2.75, 3.05) is 25.6 Å². The summed E-state index contributed by atoms with van der Waals surface area (Å²) in [5.41, 5.74) is 3.89. The number of nitrogens with one attached hydrogen (secondary N) is 2. The van der Waals surface area contributed by atoms with Crippen LogP contribution < -0.4 is 10.2 Å². The lowest BCUT2D eigenvalue weighted by molar-refractivity contribution is -0.119. The summed E-state index contributed by atoms with van der Waals surface area (Å²) in [6, 6.07) is 15.8. The minimum Gasteiger partial charge on any atom is -0.464 e. The molecule has 0 bridgehead atoms. The first-order valence-corrected chi connectivity index (χ1v) is 12.5. The van der Waals surface area contributed by atoms with Gasteiger partial charge in [0.25, 0.3) is 0 Å². The fourth-order valence-electron chi connectivity index (χ4n) is 4.26. The van der Waals surface area contributed by atoms with Crippen LogP contribution in [0.4, 0.5) is 5.82 Å². The van der Waals surface area contributed by atoms with Gasteiger partial charge in [0.05, 0.1) is 13.7 Å². The van der Waals surface area contributed by atoms with Gasteiger partial charge < -0.3 is 14.6 Å². The largest absolute Gasteiger partial charge is 0.464 e. The van der Waals surface area contributed by atoms with E-state index in [2.05, 4.69) is 37.8 Å². The molecule has 2 N–H and O–H groups in total. The summed E-state index contributed by atoms with van der Waals surface area (Å²) in [5, 5.41) is 16.7. The second-order valence-corrected chi connectivity index (χ2v) is 8.81. The van der Waals surface area contributed by atoms with Crippen LogP contribution in [0.25, 0.3) is 22.5 Å². The van der Waals surface area contributed by atoms with E-state index in [1.165, 1.54) is 19.1 Å². The molecule has 39 heavy (non-hydrogen) atoms. The van der Waals surface area contributed by atoms with Gasteiger partial charge in [0.15, 0.2) is 11.5 Å². The number of benzene rings is 2. The number of methoxy groups -OCH3 is 1. The van der Waals surface area contributed by atoms with Gasteiger partial charge in [0.1, 0.15) is 5.82 Å². The van der Waals surface area contributed by atoms with E-state index in [1.807, 2.05) is 48.5 Å². The number of ether oxygens (including phenoxy) is 1. The molecule has 0 aliphatic carbocycles. The number of aryl methyl sites for hydroxylation is 1. The third-order valence-corrected chi connectivity index (χ3v) is 6.31. The van der Waals surface area contributed by atoms with E-state index in [4.69, 9.17) is 4.74 Å². The number of amides is 2. The molecule has 2 amide bonds. The Morgan fingerprint density at radius 2 is 1.87 bits per heavy atom. The first-order valence-electron chi connectivity index (χ1n) is 12.5. The smallest absolute Gasteiger partial charge is 0.358 e. The predicted molar refractivity (Wildman–Crippen MR) is 144 cm³/mol. The maximum atomic E-state index is 13.0. The zero-order valence-corrected chi connectivity index (χ0v) is 22.0. The van der Waals surface area contributed by atoms with Gasteiger partial charge in [0.2, 0.25) is 18.1 Å². The van der Waals surface area contributed by atoms with Crippen LogP contribution in [0, 0.1) is 0 Å². The Morgan fingerprint density at radius 1 is 1.13 bits per heavy atom. The summed E-state index contributed by atoms with van der Waals surface area (Å²) in [6.07, 6.45) is 2.85.